The summed E-state index contributed by atoms with van der Waals surface area (Å²) in [6, 6.07) is 6.52. The van der Waals surface area contributed by atoms with Crippen molar-refractivity contribution in [3.63, 3.8) is 0 Å². The maximum atomic E-state index is 12.9. The quantitative estimate of drug-likeness (QED) is 0.347. The van der Waals surface area contributed by atoms with Crippen LogP contribution >= 0.6 is 11.8 Å². The molecule has 1 heterocycles. The minimum Gasteiger partial charge on any atom is -0.444 e. The summed E-state index contributed by atoms with van der Waals surface area (Å²) in [5, 5.41) is 6.46. The van der Waals surface area contributed by atoms with E-state index in [4.69, 9.17) is 4.42 Å². The van der Waals surface area contributed by atoms with Crippen molar-refractivity contribution >= 4 is 17.7 Å². The average Bonchev–Trinajstić information content (AvgIpc) is 2.89. The number of aryl methyl sites for hydroxylation is 2. The largest absolute Gasteiger partial charge is 0.444 e. The highest BCUT2D eigenvalue weighted by Crippen LogP contribution is 2.17. The first kappa shape index (κ1) is 18.3. The van der Waals surface area contributed by atoms with Crippen molar-refractivity contribution in [2.24, 2.45) is 4.99 Å². The molecule has 0 bridgehead atoms. The molecular formula is C17H23FN4OS. The first-order chi connectivity index (χ1) is 11.6. The first-order valence-electron chi connectivity index (χ1n) is 7.92. The van der Waals surface area contributed by atoms with Crippen molar-refractivity contribution in [1.82, 2.24) is 15.6 Å². The molecule has 0 saturated carbocycles. The van der Waals surface area contributed by atoms with Gasteiger partial charge < -0.3 is 15.1 Å². The highest BCUT2D eigenvalue weighted by Gasteiger charge is 2.05. The number of aromatic nitrogens is 1. The van der Waals surface area contributed by atoms with Gasteiger partial charge in [-0.05, 0) is 45.0 Å². The highest BCUT2D eigenvalue weighted by molar-refractivity contribution is 7.99. The van der Waals surface area contributed by atoms with Gasteiger partial charge in [0.25, 0.3) is 0 Å². The molecule has 24 heavy (non-hydrogen) atoms. The molecule has 0 aliphatic heterocycles. The summed E-state index contributed by atoms with van der Waals surface area (Å²) in [5.41, 5.74) is 0.897. The lowest BCUT2D eigenvalue weighted by atomic mass is 10.4. The zero-order valence-electron chi connectivity index (χ0n) is 14.2. The molecule has 0 unspecified atom stereocenters. The van der Waals surface area contributed by atoms with E-state index in [0.717, 1.165) is 41.2 Å². The Labute approximate surface area is 146 Å². The van der Waals surface area contributed by atoms with Gasteiger partial charge >= 0.3 is 0 Å². The lowest BCUT2D eigenvalue weighted by Crippen LogP contribution is -2.38. The van der Waals surface area contributed by atoms with Gasteiger partial charge in [0, 0.05) is 23.7 Å². The van der Waals surface area contributed by atoms with Crippen LogP contribution in [-0.4, -0.2) is 29.8 Å². The topological polar surface area (TPSA) is 62.5 Å². The van der Waals surface area contributed by atoms with Crippen LogP contribution in [0.4, 0.5) is 4.39 Å². The zero-order chi connectivity index (χ0) is 17.4. The predicted octanol–water partition coefficient (Wildman–Crippen LogP) is 3.28. The molecule has 2 N–H and O–H groups in total. The van der Waals surface area contributed by atoms with Gasteiger partial charge in [0.1, 0.15) is 18.1 Å². The van der Waals surface area contributed by atoms with Crippen molar-refractivity contribution < 1.29 is 8.81 Å². The van der Waals surface area contributed by atoms with E-state index < -0.39 is 0 Å². The number of aliphatic imine (C=N–C) groups is 1. The number of thioether (sulfide) groups is 1. The van der Waals surface area contributed by atoms with Gasteiger partial charge in [0.2, 0.25) is 5.89 Å². The third-order valence-corrected chi connectivity index (χ3v) is 4.28. The van der Waals surface area contributed by atoms with Crippen molar-refractivity contribution in [3.8, 4) is 0 Å². The Morgan fingerprint density at radius 3 is 2.62 bits per heavy atom. The molecule has 2 rings (SSSR count). The van der Waals surface area contributed by atoms with Crippen LogP contribution in [0.3, 0.4) is 0 Å². The van der Waals surface area contributed by atoms with Gasteiger partial charge in [0.05, 0.1) is 5.69 Å². The number of nitrogens with zero attached hydrogens (tertiary/aromatic N) is 2. The normalized spacial score (nSPS) is 11.6. The molecule has 7 heteroatoms. The number of nitrogens with one attached hydrogen (secondary N) is 2. The SMILES string of the molecule is CCNC(=NCc1nc(C)c(C)o1)NCCSc1ccc(F)cc1. The average molecular weight is 350 g/mol. The monoisotopic (exact) mass is 350 g/mol. The second kappa shape index (κ2) is 9.32. The molecule has 0 aliphatic rings. The van der Waals surface area contributed by atoms with Crippen molar-refractivity contribution in [1.29, 1.82) is 0 Å². The molecule has 0 saturated heterocycles. The van der Waals surface area contributed by atoms with Gasteiger partial charge in [-0.1, -0.05) is 0 Å². The van der Waals surface area contributed by atoms with E-state index in [-0.39, 0.29) is 5.82 Å². The molecule has 0 aliphatic carbocycles. The molecule has 0 spiro atoms. The van der Waals surface area contributed by atoms with Gasteiger partial charge in [-0.2, -0.15) is 0 Å². The van der Waals surface area contributed by atoms with E-state index in [2.05, 4.69) is 20.6 Å². The number of guanidine groups is 1. The second-order valence-electron chi connectivity index (χ2n) is 5.17. The zero-order valence-corrected chi connectivity index (χ0v) is 15.0. The Balaban J connectivity index is 1.79. The Morgan fingerprint density at radius 2 is 2.00 bits per heavy atom. The molecule has 0 atom stereocenters. The molecule has 0 amide bonds. The van der Waals surface area contributed by atoms with Crippen molar-refractivity contribution in [3.05, 3.63) is 47.4 Å². The van der Waals surface area contributed by atoms with E-state index in [1.165, 1.54) is 12.1 Å². The van der Waals surface area contributed by atoms with E-state index in [0.29, 0.717) is 12.4 Å². The summed E-state index contributed by atoms with van der Waals surface area (Å²) in [4.78, 5) is 9.84. The summed E-state index contributed by atoms with van der Waals surface area (Å²) < 4.78 is 18.4. The number of oxazole rings is 1. The van der Waals surface area contributed by atoms with E-state index in [9.17, 15) is 4.39 Å². The fourth-order valence-corrected chi connectivity index (χ4v) is 2.73. The van der Waals surface area contributed by atoms with Crippen LogP contribution in [-0.2, 0) is 6.54 Å². The number of rotatable bonds is 7. The summed E-state index contributed by atoms with van der Waals surface area (Å²) in [7, 11) is 0. The molecule has 1 aromatic carbocycles. The second-order valence-corrected chi connectivity index (χ2v) is 6.34. The fraction of sp³-hybridized carbons (Fsp3) is 0.412. The Morgan fingerprint density at radius 1 is 1.25 bits per heavy atom. The van der Waals surface area contributed by atoms with Gasteiger partial charge in [-0.25, -0.2) is 14.4 Å². The minimum atomic E-state index is -0.212. The van der Waals surface area contributed by atoms with Crippen LogP contribution in [0.5, 0.6) is 0 Å². The van der Waals surface area contributed by atoms with Crippen LogP contribution < -0.4 is 10.6 Å². The van der Waals surface area contributed by atoms with Crippen LogP contribution in [0.15, 0.2) is 38.6 Å². The Kier molecular flexibility index (Phi) is 7.11. The molecule has 1 aromatic heterocycles. The Bertz CT molecular complexity index is 650. The van der Waals surface area contributed by atoms with E-state index in [1.54, 1.807) is 23.9 Å². The molecule has 130 valence electrons. The van der Waals surface area contributed by atoms with Crippen LogP contribution in [0, 0.1) is 19.7 Å². The van der Waals surface area contributed by atoms with E-state index in [1.807, 2.05) is 20.8 Å². The summed E-state index contributed by atoms with van der Waals surface area (Å²) in [6.07, 6.45) is 0. The van der Waals surface area contributed by atoms with Gasteiger partial charge in [0.15, 0.2) is 5.96 Å². The smallest absolute Gasteiger partial charge is 0.216 e. The van der Waals surface area contributed by atoms with E-state index >= 15 is 0 Å². The summed E-state index contributed by atoms with van der Waals surface area (Å²) in [5.74, 6) is 2.81. The highest BCUT2D eigenvalue weighted by atomic mass is 32.2. The lowest BCUT2D eigenvalue weighted by Gasteiger charge is -2.10. The minimum absolute atomic E-state index is 0.212. The lowest BCUT2D eigenvalue weighted by molar-refractivity contribution is 0.473. The molecule has 2 aromatic rings. The standard InChI is InChI=1S/C17H23FN4OS/c1-4-19-17(21-11-16-22-12(2)13(3)23-16)20-9-10-24-15-7-5-14(18)6-8-15/h5-8H,4,9-11H2,1-3H3,(H2,19,20,21). The number of hydrogen-bond donors (Lipinski definition) is 2. The summed E-state index contributed by atoms with van der Waals surface area (Å²) in [6.45, 7) is 7.75. The molecule has 0 fully saturated rings. The number of benzene rings is 1. The first-order valence-corrected chi connectivity index (χ1v) is 8.90. The predicted molar refractivity (Wildman–Crippen MR) is 95.9 cm³/mol. The van der Waals surface area contributed by atoms with Crippen molar-refractivity contribution in [2.75, 3.05) is 18.8 Å². The third-order valence-electron chi connectivity index (χ3n) is 3.27. The number of hydrogen-bond acceptors (Lipinski definition) is 4. The molecular weight excluding hydrogens is 327 g/mol. The molecule has 5 nitrogen and oxygen atoms in total. The molecule has 0 radical (unpaired) electrons. The van der Waals surface area contributed by atoms with Crippen LogP contribution in [0.25, 0.3) is 0 Å². The summed E-state index contributed by atoms with van der Waals surface area (Å²) >= 11 is 1.67. The maximum Gasteiger partial charge on any atom is 0.216 e. The maximum absolute atomic E-state index is 12.9. The van der Waals surface area contributed by atoms with Crippen molar-refractivity contribution in [2.45, 2.75) is 32.2 Å². The van der Waals surface area contributed by atoms with Gasteiger partial charge in [-0.15, -0.1) is 11.8 Å². The number of halogens is 1. The van der Waals surface area contributed by atoms with Gasteiger partial charge in [-0.3, -0.25) is 0 Å². The fourth-order valence-electron chi connectivity index (χ4n) is 1.96. The Hall–Kier alpha value is -2.02. The van der Waals surface area contributed by atoms with Crippen LogP contribution in [0.2, 0.25) is 0 Å². The third kappa shape index (κ3) is 5.88. The van der Waals surface area contributed by atoms with Crippen LogP contribution in [0.1, 0.15) is 24.3 Å².